The maximum Gasteiger partial charge on any atom is 0.320 e. The van der Waals surface area contributed by atoms with Crippen molar-refractivity contribution in [3.05, 3.63) is 29.3 Å². The number of amides is 3. The van der Waals surface area contributed by atoms with Gasteiger partial charge < -0.3 is 15.5 Å². The fourth-order valence-electron chi connectivity index (χ4n) is 5.40. The first-order valence-electron chi connectivity index (χ1n) is 11.2. The van der Waals surface area contributed by atoms with Gasteiger partial charge in [-0.1, -0.05) is 37.5 Å². The van der Waals surface area contributed by atoms with E-state index in [9.17, 15) is 9.59 Å². The van der Waals surface area contributed by atoms with Crippen LogP contribution in [0.5, 0.6) is 0 Å². The molecule has 1 saturated carbocycles. The Hall–Kier alpha value is -2.08. The second kappa shape index (κ2) is 8.34. The molecule has 0 radical (unpaired) electrons. The third-order valence-corrected chi connectivity index (χ3v) is 7.06. The van der Waals surface area contributed by atoms with Gasteiger partial charge in [0, 0.05) is 31.4 Å². The number of nitrogens with one attached hydrogen (secondary N) is 2. The van der Waals surface area contributed by atoms with Crippen LogP contribution in [-0.2, 0) is 4.79 Å². The number of carbonyl (C=O) groups is 2. The van der Waals surface area contributed by atoms with Crippen molar-refractivity contribution in [2.75, 3.05) is 31.5 Å². The molecule has 3 fully saturated rings. The summed E-state index contributed by atoms with van der Waals surface area (Å²) in [5.74, 6) is 0.125. The Kier molecular flexibility index (Phi) is 5.81. The fraction of sp³-hybridized carbons (Fsp3) is 0.652. The molecule has 0 spiro atoms. The first-order valence-corrected chi connectivity index (χ1v) is 11.2. The van der Waals surface area contributed by atoms with Gasteiger partial charge in [-0.15, -0.1) is 0 Å². The molecule has 2 saturated heterocycles. The van der Waals surface area contributed by atoms with Gasteiger partial charge in [-0.3, -0.25) is 9.69 Å². The van der Waals surface area contributed by atoms with Crippen LogP contribution in [0.25, 0.3) is 0 Å². The van der Waals surface area contributed by atoms with Crippen molar-refractivity contribution >= 4 is 17.6 Å². The quantitative estimate of drug-likeness (QED) is 0.820. The second-order valence-corrected chi connectivity index (χ2v) is 9.07. The average Bonchev–Trinajstić information content (AvgIpc) is 3.19. The van der Waals surface area contributed by atoms with Crippen molar-refractivity contribution < 1.29 is 9.59 Å². The molecule has 3 amide bonds. The Morgan fingerprint density at radius 3 is 2.45 bits per heavy atom. The first-order chi connectivity index (χ1) is 14.0. The van der Waals surface area contributed by atoms with Crippen LogP contribution in [-0.4, -0.2) is 59.5 Å². The number of rotatable bonds is 3. The van der Waals surface area contributed by atoms with Crippen LogP contribution >= 0.6 is 0 Å². The molecule has 2 aliphatic heterocycles. The van der Waals surface area contributed by atoms with Crippen LogP contribution in [0.3, 0.4) is 0 Å². The molecule has 1 atom stereocenters. The lowest BCUT2D eigenvalue weighted by Gasteiger charge is -2.44. The molecule has 0 aromatic heterocycles. The van der Waals surface area contributed by atoms with Crippen molar-refractivity contribution in [3.63, 3.8) is 0 Å². The highest BCUT2D eigenvalue weighted by Crippen LogP contribution is 2.32. The number of hydrogen-bond acceptors (Lipinski definition) is 3. The normalized spacial score (nSPS) is 24.1. The minimum absolute atomic E-state index is 0.125. The summed E-state index contributed by atoms with van der Waals surface area (Å²) >= 11 is 0. The molecule has 0 unspecified atom stereocenters. The van der Waals surface area contributed by atoms with E-state index in [0.29, 0.717) is 6.04 Å². The van der Waals surface area contributed by atoms with Crippen molar-refractivity contribution in [1.82, 2.24) is 15.1 Å². The molecule has 0 bridgehead atoms. The summed E-state index contributed by atoms with van der Waals surface area (Å²) in [6, 6.07) is 6.20. The fourth-order valence-corrected chi connectivity index (χ4v) is 5.40. The Morgan fingerprint density at radius 2 is 1.72 bits per heavy atom. The molecule has 2 heterocycles. The SMILES string of the molecule is Cc1cccc(C)c1NC(=O)NC1(C(=O)N2CCN3CCC[C@@H]3C2)CCCCC1. The largest absolute Gasteiger partial charge is 0.338 e. The standard InChI is InChI=1S/C23H34N4O2/c1-17-8-6-9-18(2)20(17)24-22(29)25-23(11-4-3-5-12-23)21(28)27-15-14-26-13-7-10-19(26)16-27/h6,8-9,19H,3-5,7,10-16H2,1-2H3,(H2,24,25,29)/t19-/m1/s1. The Balaban J connectivity index is 1.49. The van der Waals surface area contributed by atoms with Crippen molar-refractivity contribution in [3.8, 4) is 0 Å². The van der Waals surface area contributed by atoms with E-state index >= 15 is 0 Å². The summed E-state index contributed by atoms with van der Waals surface area (Å²) in [4.78, 5) is 31.1. The third kappa shape index (κ3) is 4.13. The molecule has 4 rings (SSSR count). The molecule has 1 aliphatic carbocycles. The van der Waals surface area contributed by atoms with Gasteiger partial charge in [0.1, 0.15) is 5.54 Å². The van der Waals surface area contributed by atoms with Gasteiger partial charge in [0.15, 0.2) is 0 Å². The Labute approximate surface area is 174 Å². The highest BCUT2D eigenvalue weighted by Gasteiger charge is 2.45. The van der Waals surface area contributed by atoms with Crippen LogP contribution < -0.4 is 10.6 Å². The van der Waals surface area contributed by atoms with Crippen LogP contribution in [0.1, 0.15) is 56.1 Å². The Bertz CT molecular complexity index is 752. The predicted octanol–water partition coefficient (Wildman–Crippen LogP) is 3.43. The summed E-state index contributed by atoms with van der Waals surface area (Å²) in [5, 5.41) is 6.15. The lowest BCUT2D eigenvalue weighted by Crippen LogP contribution is -2.64. The van der Waals surface area contributed by atoms with Gasteiger partial charge in [-0.05, 0) is 57.2 Å². The molecule has 3 aliphatic rings. The maximum absolute atomic E-state index is 13.7. The van der Waals surface area contributed by atoms with Crippen LogP contribution in [0.4, 0.5) is 10.5 Å². The zero-order valence-electron chi connectivity index (χ0n) is 17.8. The molecule has 29 heavy (non-hydrogen) atoms. The van der Waals surface area contributed by atoms with Gasteiger partial charge in [-0.25, -0.2) is 4.79 Å². The number of aryl methyl sites for hydroxylation is 2. The second-order valence-electron chi connectivity index (χ2n) is 9.07. The van der Waals surface area contributed by atoms with E-state index < -0.39 is 5.54 Å². The molecule has 6 heteroatoms. The predicted molar refractivity (Wildman–Crippen MR) is 115 cm³/mol. The van der Waals surface area contributed by atoms with Crippen molar-refractivity contribution in [1.29, 1.82) is 0 Å². The monoisotopic (exact) mass is 398 g/mol. The zero-order chi connectivity index (χ0) is 20.4. The van der Waals surface area contributed by atoms with E-state index in [1.54, 1.807) is 0 Å². The molecule has 2 N–H and O–H groups in total. The van der Waals surface area contributed by atoms with Crippen LogP contribution in [0, 0.1) is 13.8 Å². The number of carbonyl (C=O) groups excluding carboxylic acids is 2. The summed E-state index contributed by atoms with van der Waals surface area (Å²) in [7, 11) is 0. The van der Waals surface area contributed by atoms with E-state index in [4.69, 9.17) is 0 Å². The molecule has 6 nitrogen and oxygen atoms in total. The number of piperazine rings is 1. The summed E-state index contributed by atoms with van der Waals surface area (Å²) < 4.78 is 0. The minimum Gasteiger partial charge on any atom is -0.338 e. The lowest BCUT2D eigenvalue weighted by atomic mass is 9.80. The number of nitrogens with zero attached hydrogens (tertiary/aromatic N) is 2. The topological polar surface area (TPSA) is 64.7 Å². The number of hydrogen-bond donors (Lipinski definition) is 2. The van der Waals surface area contributed by atoms with E-state index in [1.165, 1.54) is 12.8 Å². The van der Waals surface area contributed by atoms with Crippen molar-refractivity contribution in [2.24, 2.45) is 0 Å². The number of fused-ring (bicyclic) bond motifs is 1. The summed E-state index contributed by atoms with van der Waals surface area (Å²) in [6.07, 6.45) is 6.97. The molecular weight excluding hydrogens is 364 g/mol. The van der Waals surface area contributed by atoms with Crippen molar-refractivity contribution in [2.45, 2.75) is 70.4 Å². The van der Waals surface area contributed by atoms with Crippen LogP contribution in [0.2, 0.25) is 0 Å². The highest BCUT2D eigenvalue weighted by molar-refractivity contribution is 5.97. The van der Waals surface area contributed by atoms with Gasteiger partial charge in [-0.2, -0.15) is 0 Å². The van der Waals surface area contributed by atoms with Gasteiger partial charge >= 0.3 is 6.03 Å². The van der Waals surface area contributed by atoms with Crippen LogP contribution in [0.15, 0.2) is 18.2 Å². The number of benzene rings is 1. The smallest absolute Gasteiger partial charge is 0.320 e. The average molecular weight is 399 g/mol. The van der Waals surface area contributed by atoms with E-state index in [1.807, 2.05) is 36.9 Å². The molecule has 1 aromatic carbocycles. The Morgan fingerprint density at radius 1 is 1.00 bits per heavy atom. The summed E-state index contributed by atoms with van der Waals surface area (Å²) in [5.41, 5.74) is 2.13. The van der Waals surface area contributed by atoms with E-state index in [-0.39, 0.29) is 11.9 Å². The summed E-state index contributed by atoms with van der Waals surface area (Å²) in [6.45, 7) is 7.68. The number of anilines is 1. The molecular formula is C23H34N4O2. The van der Waals surface area contributed by atoms with Gasteiger partial charge in [0.05, 0.1) is 0 Å². The van der Waals surface area contributed by atoms with E-state index in [0.717, 1.165) is 75.1 Å². The number of para-hydroxylation sites is 1. The van der Waals surface area contributed by atoms with Gasteiger partial charge in [0.25, 0.3) is 0 Å². The highest BCUT2D eigenvalue weighted by atomic mass is 16.2. The number of urea groups is 1. The lowest BCUT2D eigenvalue weighted by molar-refractivity contribution is -0.142. The molecule has 158 valence electrons. The third-order valence-electron chi connectivity index (χ3n) is 7.06. The van der Waals surface area contributed by atoms with Gasteiger partial charge in [0.2, 0.25) is 5.91 Å². The van der Waals surface area contributed by atoms with E-state index in [2.05, 4.69) is 15.5 Å². The zero-order valence-corrected chi connectivity index (χ0v) is 17.8. The molecule has 1 aromatic rings. The minimum atomic E-state index is -0.764. The first kappa shape index (κ1) is 20.2. The maximum atomic E-state index is 13.7.